The highest BCUT2D eigenvalue weighted by Gasteiger charge is 2.37. The molecule has 1 fully saturated rings. The summed E-state index contributed by atoms with van der Waals surface area (Å²) in [5.41, 5.74) is -0.545. The third kappa shape index (κ3) is 4.98. The van der Waals surface area contributed by atoms with Crippen molar-refractivity contribution in [1.29, 1.82) is 0 Å². The molecule has 0 amide bonds. The van der Waals surface area contributed by atoms with Crippen LogP contribution in [-0.4, -0.2) is 45.3 Å². The minimum Gasteiger partial charge on any atom is -0.404 e. The summed E-state index contributed by atoms with van der Waals surface area (Å²) in [6.07, 6.45) is -9.57. The van der Waals surface area contributed by atoms with Crippen LogP contribution >= 0.6 is 0 Å². The Morgan fingerprint density at radius 1 is 0.833 bits per heavy atom. The number of halogens is 6. The molecule has 0 radical (unpaired) electrons. The summed E-state index contributed by atoms with van der Waals surface area (Å²) in [5, 5.41) is 0. The fourth-order valence-corrected chi connectivity index (χ4v) is 4.61. The number of ether oxygens (including phenoxy) is 1. The van der Waals surface area contributed by atoms with Gasteiger partial charge < -0.3 is 9.64 Å². The molecule has 5 nitrogen and oxygen atoms in total. The normalized spacial score (nSPS) is 16.5. The first-order valence-electron chi connectivity index (χ1n) is 8.65. The maximum Gasteiger partial charge on any atom is 0.573 e. The number of rotatable bonds is 4. The Bertz CT molecular complexity index is 999. The van der Waals surface area contributed by atoms with E-state index in [9.17, 15) is 34.8 Å². The van der Waals surface area contributed by atoms with Gasteiger partial charge in [0.25, 0.3) is 0 Å². The molecule has 0 unspecified atom stereocenters. The SMILES string of the molecule is O=S(=O)(c1ccccc1OC(F)(F)F)N1CCN(c2cccc(C(F)(F)F)c2)CC1. The molecule has 1 saturated heterocycles. The van der Waals surface area contributed by atoms with E-state index in [1.165, 1.54) is 24.3 Å². The van der Waals surface area contributed by atoms with Crippen molar-refractivity contribution in [2.24, 2.45) is 0 Å². The van der Waals surface area contributed by atoms with Gasteiger partial charge in [0.2, 0.25) is 10.0 Å². The summed E-state index contributed by atoms with van der Waals surface area (Å²) < 4.78 is 107. The van der Waals surface area contributed by atoms with Gasteiger partial charge in [-0.05, 0) is 30.3 Å². The number of benzene rings is 2. The molecule has 164 valence electrons. The summed E-state index contributed by atoms with van der Waals surface area (Å²) in [7, 11) is -4.30. The molecular formula is C18H16F6N2O3S. The van der Waals surface area contributed by atoms with Crippen molar-refractivity contribution in [2.45, 2.75) is 17.4 Å². The van der Waals surface area contributed by atoms with Crippen LogP contribution in [0.15, 0.2) is 53.4 Å². The van der Waals surface area contributed by atoms with Crippen LogP contribution in [0.2, 0.25) is 0 Å². The van der Waals surface area contributed by atoms with E-state index in [-0.39, 0.29) is 31.9 Å². The van der Waals surface area contributed by atoms with Crippen LogP contribution < -0.4 is 9.64 Å². The van der Waals surface area contributed by atoms with E-state index < -0.39 is 38.8 Å². The number of alkyl halides is 6. The lowest BCUT2D eigenvalue weighted by Crippen LogP contribution is -2.48. The molecule has 0 saturated carbocycles. The Balaban J connectivity index is 1.77. The predicted octanol–water partition coefficient (Wildman–Crippen LogP) is 4.11. The largest absolute Gasteiger partial charge is 0.573 e. The fourth-order valence-electron chi connectivity index (χ4n) is 3.08. The van der Waals surface area contributed by atoms with Crippen LogP contribution in [0.1, 0.15) is 5.56 Å². The second-order valence-corrected chi connectivity index (χ2v) is 8.34. The van der Waals surface area contributed by atoms with Gasteiger partial charge in [-0.2, -0.15) is 17.5 Å². The maximum absolute atomic E-state index is 12.9. The van der Waals surface area contributed by atoms with Crippen molar-refractivity contribution in [2.75, 3.05) is 31.1 Å². The topological polar surface area (TPSA) is 49.9 Å². The third-order valence-corrected chi connectivity index (χ3v) is 6.41. The first-order valence-corrected chi connectivity index (χ1v) is 10.1. The van der Waals surface area contributed by atoms with Gasteiger partial charge in [-0.15, -0.1) is 13.2 Å². The molecule has 2 aromatic carbocycles. The molecular weight excluding hydrogens is 438 g/mol. The van der Waals surface area contributed by atoms with Crippen LogP contribution in [-0.2, 0) is 16.2 Å². The molecule has 0 aliphatic carbocycles. The number of hydrogen-bond donors (Lipinski definition) is 0. The summed E-state index contributed by atoms with van der Waals surface area (Å²) >= 11 is 0. The minimum absolute atomic E-state index is 0.0723. The standard InChI is InChI=1S/C18H16F6N2O3S/c19-17(20,21)13-4-3-5-14(12-13)25-8-10-26(11-9-25)30(27,28)16-7-2-1-6-15(16)29-18(22,23)24/h1-7,12H,8-11H2. The molecule has 3 rings (SSSR count). The van der Waals surface area contributed by atoms with Crippen LogP contribution in [0.5, 0.6) is 5.75 Å². The maximum atomic E-state index is 12.9. The zero-order valence-corrected chi connectivity index (χ0v) is 16.1. The molecule has 0 atom stereocenters. The number of para-hydroxylation sites is 1. The van der Waals surface area contributed by atoms with E-state index in [1.54, 1.807) is 4.90 Å². The van der Waals surface area contributed by atoms with E-state index in [0.29, 0.717) is 0 Å². The summed E-state index contributed by atoms with van der Waals surface area (Å²) in [4.78, 5) is 0.953. The van der Waals surface area contributed by atoms with Crippen LogP contribution in [0, 0.1) is 0 Å². The van der Waals surface area contributed by atoms with E-state index in [2.05, 4.69) is 4.74 Å². The average Bonchev–Trinajstić information content (AvgIpc) is 2.66. The predicted molar refractivity (Wildman–Crippen MR) is 95.5 cm³/mol. The molecule has 0 N–H and O–H groups in total. The highest BCUT2D eigenvalue weighted by molar-refractivity contribution is 7.89. The van der Waals surface area contributed by atoms with Gasteiger partial charge >= 0.3 is 12.5 Å². The van der Waals surface area contributed by atoms with Crippen molar-refractivity contribution in [3.63, 3.8) is 0 Å². The highest BCUT2D eigenvalue weighted by Crippen LogP contribution is 2.34. The Kier molecular flexibility index (Phi) is 5.92. The Morgan fingerprint density at radius 2 is 1.47 bits per heavy atom. The molecule has 2 aromatic rings. The monoisotopic (exact) mass is 454 g/mol. The zero-order valence-electron chi connectivity index (χ0n) is 15.2. The minimum atomic E-state index is -5.06. The summed E-state index contributed by atoms with van der Waals surface area (Å²) in [5.74, 6) is -0.842. The fraction of sp³-hybridized carbons (Fsp3) is 0.333. The number of hydrogen-bond acceptors (Lipinski definition) is 4. The van der Waals surface area contributed by atoms with E-state index in [4.69, 9.17) is 0 Å². The zero-order chi connectivity index (χ0) is 22.2. The third-order valence-electron chi connectivity index (χ3n) is 4.47. The van der Waals surface area contributed by atoms with Crippen molar-refractivity contribution in [1.82, 2.24) is 4.31 Å². The van der Waals surface area contributed by atoms with E-state index >= 15 is 0 Å². The quantitative estimate of drug-likeness (QED) is 0.653. The summed E-state index contributed by atoms with van der Waals surface area (Å²) in [6.45, 7) is -0.0798. The number of piperazine rings is 1. The van der Waals surface area contributed by atoms with Gasteiger partial charge in [-0.3, -0.25) is 0 Å². The van der Waals surface area contributed by atoms with Gasteiger partial charge in [0.05, 0.1) is 5.56 Å². The second kappa shape index (κ2) is 7.99. The molecule has 1 heterocycles. The molecule has 1 aliphatic rings. The van der Waals surface area contributed by atoms with E-state index in [1.807, 2.05) is 0 Å². The Hall–Kier alpha value is -2.47. The lowest BCUT2D eigenvalue weighted by atomic mass is 10.1. The highest BCUT2D eigenvalue weighted by atomic mass is 32.2. The molecule has 1 aliphatic heterocycles. The van der Waals surface area contributed by atoms with Crippen molar-refractivity contribution >= 4 is 15.7 Å². The molecule has 12 heteroatoms. The number of sulfonamides is 1. The first-order chi connectivity index (χ1) is 13.9. The van der Waals surface area contributed by atoms with Crippen molar-refractivity contribution in [3.8, 4) is 5.75 Å². The van der Waals surface area contributed by atoms with Crippen LogP contribution in [0.3, 0.4) is 0 Å². The Morgan fingerprint density at radius 3 is 2.07 bits per heavy atom. The summed E-state index contributed by atoms with van der Waals surface area (Å²) in [6, 6.07) is 9.03. The second-order valence-electron chi connectivity index (χ2n) is 6.43. The molecule has 0 bridgehead atoms. The smallest absolute Gasteiger partial charge is 0.404 e. The lowest BCUT2D eigenvalue weighted by Gasteiger charge is -2.35. The molecule has 30 heavy (non-hydrogen) atoms. The van der Waals surface area contributed by atoms with Crippen LogP contribution in [0.25, 0.3) is 0 Å². The van der Waals surface area contributed by atoms with Gasteiger partial charge in [-0.25, -0.2) is 8.42 Å². The van der Waals surface area contributed by atoms with Gasteiger partial charge in [0.1, 0.15) is 10.6 Å². The Labute approximate surface area is 168 Å². The van der Waals surface area contributed by atoms with Crippen molar-refractivity contribution in [3.05, 3.63) is 54.1 Å². The number of nitrogens with zero attached hydrogens (tertiary/aromatic N) is 2. The van der Waals surface area contributed by atoms with Gasteiger partial charge in [0, 0.05) is 31.9 Å². The average molecular weight is 454 g/mol. The lowest BCUT2D eigenvalue weighted by molar-refractivity contribution is -0.275. The first kappa shape index (κ1) is 22.2. The van der Waals surface area contributed by atoms with Crippen molar-refractivity contribution < 1.29 is 39.5 Å². The van der Waals surface area contributed by atoms with E-state index in [0.717, 1.165) is 28.6 Å². The number of anilines is 1. The van der Waals surface area contributed by atoms with Crippen LogP contribution in [0.4, 0.5) is 32.0 Å². The molecule has 0 spiro atoms. The van der Waals surface area contributed by atoms with Gasteiger partial charge in [0.15, 0.2) is 0 Å². The molecule has 0 aromatic heterocycles. The van der Waals surface area contributed by atoms with Gasteiger partial charge in [-0.1, -0.05) is 18.2 Å².